The standard InChI is InChI=1S/C32H44N2O2Si2.Pt/c1-31(2,3)37(7,8)25-15-17-29(35)23(19-25)21-33-27-13-11-12-14-28(27)34-22-24-20-26(16-18-30(24)36)38(9,10)32(4,5)6;/h11-22,35-36H,1-10H3;. The summed E-state index contributed by atoms with van der Waals surface area (Å²) in [7, 11) is -3.51. The fraction of sp³-hybridized carbons (Fsp3) is 0.375. The van der Waals surface area contributed by atoms with Crippen molar-refractivity contribution >= 4 is 50.3 Å². The zero-order valence-electron chi connectivity index (χ0n) is 25.0. The molecule has 3 rings (SSSR count). The van der Waals surface area contributed by atoms with Crippen LogP contribution in [0.15, 0.2) is 70.6 Å². The van der Waals surface area contributed by atoms with Gasteiger partial charge in [0.15, 0.2) is 0 Å². The van der Waals surface area contributed by atoms with Gasteiger partial charge >= 0.3 is 0 Å². The van der Waals surface area contributed by atoms with Crippen molar-refractivity contribution in [2.45, 2.75) is 77.8 Å². The van der Waals surface area contributed by atoms with Crippen LogP contribution in [0.3, 0.4) is 0 Å². The minimum Gasteiger partial charge on any atom is -0.507 e. The van der Waals surface area contributed by atoms with Crippen molar-refractivity contribution in [2.24, 2.45) is 9.98 Å². The molecule has 0 spiro atoms. The summed E-state index contributed by atoms with van der Waals surface area (Å²) in [5, 5.41) is 24.0. The maximum absolute atomic E-state index is 10.6. The minimum atomic E-state index is -1.76. The number of aromatic hydroxyl groups is 2. The zero-order chi connectivity index (χ0) is 28.5. The van der Waals surface area contributed by atoms with E-state index in [1.54, 1.807) is 24.6 Å². The van der Waals surface area contributed by atoms with Crippen LogP contribution in [0.25, 0.3) is 0 Å². The Balaban J connectivity index is 0.00000533. The number of hydrogen-bond donors (Lipinski definition) is 2. The molecule has 0 aromatic heterocycles. The van der Waals surface area contributed by atoms with Crippen LogP contribution in [0.2, 0.25) is 36.3 Å². The summed E-state index contributed by atoms with van der Waals surface area (Å²) in [6, 6.07) is 19.5. The van der Waals surface area contributed by atoms with Gasteiger partial charge in [0.05, 0.1) is 27.5 Å². The van der Waals surface area contributed by atoms with Crippen LogP contribution in [-0.2, 0) is 21.1 Å². The molecular formula is C32H44N2O2PtSi2. The third kappa shape index (κ3) is 7.28. The molecule has 0 atom stereocenters. The second kappa shape index (κ2) is 12.1. The van der Waals surface area contributed by atoms with Gasteiger partial charge in [-0.2, -0.15) is 0 Å². The Morgan fingerprint density at radius 1 is 0.590 bits per heavy atom. The van der Waals surface area contributed by atoms with Crippen molar-refractivity contribution < 1.29 is 31.3 Å². The van der Waals surface area contributed by atoms with Crippen molar-refractivity contribution in [3.8, 4) is 11.5 Å². The molecule has 0 radical (unpaired) electrons. The van der Waals surface area contributed by atoms with Crippen molar-refractivity contribution in [3.05, 3.63) is 71.8 Å². The smallest absolute Gasteiger partial charge is 0.124 e. The van der Waals surface area contributed by atoms with Gasteiger partial charge in [0.2, 0.25) is 0 Å². The Morgan fingerprint density at radius 2 is 0.923 bits per heavy atom. The van der Waals surface area contributed by atoms with E-state index in [2.05, 4.69) is 79.9 Å². The Morgan fingerprint density at radius 3 is 1.23 bits per heavy atom. The van der Waals surface area contributed by atoms with Crippen LogP contribution < -0.4 is 10.4 Å². The summed E-state index contributed by atoms with van der Waals surface area (Å²) in [5.74, 6) is 0.425. The second-order valence-corrected chi connectivity index (χ2v) is 24.0. The molecule has 0 aliphatic carbocycles. The topological polar surface area (TPSA) is 65.2 Å². The molecule has 0 heterocycles. The largest absolute Gasteiger partial charge is 0.507 e. The summed E-state index contributed by atoms with van der Waals surface area (Å²) in [6.07, 6.45) is 3.44. The first-order valence-corrected chi connectivity index (χ1v) is 19.3. The minimum absolute atomic E-state index is 0. The Kier molecular flexibility index (Phi) is 10.2. The molecule has 3 aromatic carbocycles. The fourth-order valence-corrected chi connectivity index (χ4v) is 7.68. The Labute approximate surface area is 251 Å². The number of benzene rings is 3. The molecule has 0 aliphatic rings. The van der Waals surface area contributed by atoms with Crippen LogP contribution in [-0.4, -0.2) is 38.8 Å². The number of hydrogen-bond acceptors (Lipinski definition) is 4. The summed E-state index contributed by atoms with van der Waals surface area (Å²) < 4.78 is 0. The Bertz CT molecular complexity index is 1260. The van der Waals surface area contributed by atoms with Crippen molar-refractivity contribution in [2.75, 3.05) is 0 Å². The first-order chi connectivity index (χ1) is 17.4. The number of nitrogens with zero attached hydrogens (tertiary/aromatic N) is 2. The molecule has 0 bridgehead atoms. The number of para-hydroxylation sites is 2. The van der Waals surface area contributed by atoms with E-state index in [4.69, 9.17) is 9.98 Å². The molecule has 0 aliphatic heterocycles. The van der Waals surface area contributed by atoms with Gasteiger partial charge in [0.1, 0.15) is 11.5 Å². The second-order valence-electron chi connectivity index (χ2n) is 13.3. The molecular weight excluding hydrogens is 696 g/mol. The predicted octanol–water partition coefficient (Wildman–Crippen LogP) is 8.03. The number of aliphatic imine (C=N–C) groups is 2. The van der Waals surface area contributed by atoms with E-state index < -0.39 is 16.1 Å². The first-order valence-electron chi connectivity index (χ1n) is 13.3. The van der Waals surface area contributed by atoms with Gasteiger partial charge in [0, 0.05) is 44.6 Å². The predicted molar refractivity (Wildman–Crippen MR) is 171 cm³/mol. The maximum atomic E-state index is 10.6. The van der Waals surface area contributed by atoms with Crippen molar-refractivity contribution in [1.82, 2.24) is 0 Å². The van der Waals surface area contributed by atoms with Gasteiger partial charge in [0.25, 0.3) is 0 Å². The van der Waals surface area contributed by atoms with Crippen molar-refractivity contribution in [1.29, 1.82) is 0 Å². The molecule has 2 N–H and O–H groups in total. The molecule has 39 heavy (non-hydrogen) atoms. The molecule has 212 valence electrons. The monoisotopic (exact) mass is 739 g/mol. The van der Waals surface area contributed by atoms with Crippen LogP contribution in [0, 0.1) is 0 Å². The van der Waals surface area contributed by atoms with Gasteiger partial charge in [-0.3, -0.25) is 9.98 Å². The number of rotatable bonds is 6. The van der Waals surface area contributed by atoms with Gasteiger partial charge in [-0.25, -0.2) is 0 Å². The maximum Gasteiger partial charge on any atom is 0.124 e. The van der Waals surface area contributed by atoms with E-state index in [0.717, 1.165) is 0 Å². The summed E-state index contributed by atoms with van der Waals surface area (Å²) in [6.45, 7) is 23.2. The van der Waals surface area contributed by atoms with Crippen LogP contribution >= 0.6 is 0 Å². The molecule has 7 heteroatoms. The normalized spacial score (nSPS) is 13.2. The summed E-state index contributed by atoms with van der Waals surface area (Å²) >= 11 is 0. The van der Waals surface area contributed by atoms with Gasteiger partial charge in [-0.15, -0.1) is 0 Å². The molecule has 0 unspecified atom stereocenters. The van der Waals surface area contributed by atoms with E-state index in [-0.39, 0.29) is 42.6 Å². The molecule has 3 aromatic rings. The van der Waals surface area contributed by atoms with Crippen LogP contribution in [0.1, 0.15) is 52.7 Å². The molecule has 0 saturated carbocycles. The Hall–Kier alpha value is -2.28. The van der Waals surface area contributed by atoms with E-state index in [1.165, 1.54) is 10.4 Å². The van der Waals surface area contributed by atoms with Gasteiger partial charge in [-0.1, -0.05) is 115 Å². The van der Waals surface area contributed by atoms with E-state index >= 15 is 0 Å². The van der Waals surface area contributed by atoms with Gasteiger partial charge in [-0.05, 0) is 34.3 Å². The molecule has 0 amide bonds. The summed E-state index contributed by atoms with van der Waals surface area (Å²) in [4.78, 5) is 9.41. The molecule has 4 nitrogen and oxygen atoms in total. The van der Waals surface area contributed by atoms with E-state index in [9.17, 15) is 10.2 Å². The molecule has 0 saturated heterocycles. The first kappa shape index (κ1) is 32.9. The van der Waals surface area contributed by atoms with Gasteiger partial charge < -0.3 is 10.2 Å². The fourth-order valence-electron chi connectivity index (χ4n) is 3.92. The summed E-state index contributed by atoms with van der Waals surface area (Å²) in [5.41, 5.74) is 2.79. The quantitative estimate of drug-likeness (QED) is 0.199. The third-order valence-corrected chi connectivity index (χ3v) is 19.8. The SMILES string of the molecule is CC(C)(C)[Si](C)(C)c1ccc(O)c(C=Nc2ccccc2N=Cc2cc([Si](C)(C)C(C)(C)C)ccc2O)c1.[Pt]. The number of phenols is 2. The average Bonchev–Trinajstić information content (AvgIpc) is 2.82. The van der Waals surface area contributed by atoms with Crippen molar-refractivity contribution in [3.63, 3.8) is 0 Å². The molecule has 0 fully saturated rings. The average molecular weight is 740 g/mol. The number of phenolic OH excluding ortho intramolecular Hbond substituents is 2. The zero-order valence-corrected chi connectivity index (χ0v) is 29.3. The van der Waals surface area contributed by atoms with E-state index in [1.807, 2.05) is 36.4 Å². The van der Waals surface area contributed by atoms with E-state index in [0.29, 0.717) is 22.5 Å². The van der Waals surface area contributed by atoms with Crippen LogP contribution in [0.5, 0.6) is 11.5 Å². The van der Waals surface area contributed by atoms with Crippen LogP contribution in [0.4, 0.5) is 11.4 Å². The third-order valence-electron chi connectivity index (χ3n) is 8.82.